The normalized spacial score (nSPS) is 20.9. The van der Waals surface area contributed by atoms with Crippen LogP contribution >= 0.6 is 0 Å². The average molecular weight is 327 g/mol. The molecular formula is C14H12F3N3O3. The van der Waals surface area contributed by atoms with Crippen LogP contribution in [0.3, 0.4) is 0 Å². The monoisotopic (exact) mass is 327 g/mol. The minimum atomic E-state index is -4.76. The first-order chi connectivity index (χ1) is 10.6. The summed E-state index contributed by atoms with van der Waals surface area (Å²) in [5, 5.41) is 11.2. The van der Waals surface area contributed by atoms with Gasteiger partial charge in [-0.15, -0.1) is 0 Å². The number of amides is 2. The number of nitriles is 1. The molecule has 122 valence electrons. The topological polar surface area (TPSA) is 82.4 Å². The number of nitrogens with zero attached hydrogens (tertiary/aromatic N) is 2. The standard InChI is InChI=1S/C14H12F3N3O3/c1-13(11(21)23-2)7-19-12(22)20(13)9-4-3-8(6-18)10(5-9)14(15,16)17/h3-5H,7H2,1-2H3,(H,19,22)/t13-/m1/s1. The average Bonchev–Trinajstić information content (AvgIpc) is 2.81. The van der Waals surface area contributed by atoms with Crippen molar-refractivity contribution in [2.24, 2.45) is 0 Å². The van der Waals surface area contributed by atoms with Crippen molar-refractivity contribution in [2.45, 2.75) is 18.6 Å². The van der Waals surface area contributed by atoms with E-state index in [1.807, 2.05) is 0 Å². The maximum Gasteiger partial charge on any atom is 0.417 e. The molecule has 9 heteroatoms. The molecule has 1 fully saturated rings. The second-order valence-corrected chi connectivity index (χ2v) is 5.10. The highest BCUT2D eigenvalue weighted by Gasteiger charge is 2.50. The van der Waals surface area contributed by atoms with E-state index in [1.54, 1.807) is 0 Å². The third-order valence-corrected chi connectivity index (χ3v) is 3.59. The molecule has 2 amide bonds. The van der Waals surface area contributed by atoms with E-state index in [-0.39, 0.29) is 12.2 Å². The zero-order valence-electron chi connectivity index (χ0n) is 12.2. The quantitative estimate of drug-likeness (QED) is 0.843. The smallest absolute Gasteiger partial charge is 0.417 e. The molecule has 1 atom stereocenters. The van der Waals surface area contributed by atoms with Gasteiger partial charge >= 0.3 is 18.2 Å². The summed E-state index contributed by atoms with van der Waals surface area (Å²) in [6.07, 6.45) is -4.76. The molecule has 0 saturated carbocycles. The molecule has 23 heavy (non-hydrogen) atoms. The molecule has 0 aliphatic carbocycles. The number of nitrogens with one attached hydrogen (secondary N) is 1. The van der Waals surface area contributed by atoms with Gasteiger partial charge in [-0.25, -0.2) is 9.59 Å². The maximum atomic E-state index is 13.1. The van der Waals surface area contributed by atoms with Crippen LogP contribution in [-0.4, -0.2) is 31.2 Å². The third-order valence-electron chi connectivity index (χ3n) is 3.59. The summed E-state index contributed by atoms with van der Waals surface area (Å²) < 4.78 is 43.8. The van der Waals surface area contributed by atoms with Crippen LogP contribution in [0.5, 0.6) is 0 Å². The van der Waals surface area contributed by atoms with Crippen molar-refractivity contribution in [1.82, 2.24) is 5.32 Å². The fourth-order valence-corrected chi connectivity index (χ4v) is 2.42. The number of benzene rings is 1. The van der Waals surface area contributed by atoms with Crippen LogP contribution in [0.4, 0.5) is 23.7 Å². The Morgan fingerprint density at radius 3 is 2.65 bits per heavy atom. The van der Waals surface area contributed by atoms with Crippen molar-refractivity contribution in [3.05, 3.63) is 29.3 Å². The fraction of sp³-hybridized carbons (Fsp3) is 0.357. The van der Waals surface area contributed by atoms with E-state index in [0.29, 0.717) is 6.07 Å². The lowest BCUT2D eigenvalue weighted by atomic mass is 10.00. The van der Waals surface area contributed by atoms with Crippen LogP contribution in [0, 0.1) is 11.3 Å². The zero-order valence-corrected chi connectivity index (χ0v) is 12.2. The van der Waals surface area contributed by atoms with Crippen LogP contribution in [-0.2, 0) is 15.7 Å². The second kappa shape index (κ2) is 5.46. The van der Waals surface area contributed by atoms with Crippen molar-refractivity contribution in [1.29, 1.82) is 5.26 Å². The van der Waals surface area contributed by atoms with Gasteiger partial charge in [0.25, 0.3) is 0 Å². The van der Waals surface area contributed by atoms with Crippen LogP contribution in [0.1, 0.15) is 18.1 Å². The molecule has 1 saturated heterocycles. The number of methoxy groups -OCH3 is 1. The number of esters is 1. The number of carbonyl (C=O) groups is 2. The summed E-state index contributed by atoms with van der Waals surface area (Å²) in [5.41, 5.74) is -3.38. The lowest BCUT2D eigenvalue weighted by Crippen LogP contribution is -2.52. The van der Waals surface area contributed by atoms with Gasteiger partial charge < -0.3 is 10.1 Å². The zero-order chi connectivity index (χ0) is 17.4. The molecule has 2 rings (SSSR count). The van der Waals surface area contributed by atoms with E-state index < -0.39 is 34.8 Å². The first kappa shape index (κ1) is 16.6. The van der Waals surface area contributed by atoms with Crippen LogP contribution < -0.4 is 10.2 Å². The number of anilines is 1. The molecule has 1 aliphatic heterocycles. The molecule has 1 aromatic rings. The lowest BCUT2D eigenvalue weighted by molar-refractivity contribution is -0.145. The minimum Gasteiger partial charge on any atom is -0.467 e. The molecule has 1 aromatic carbocycles. The summed E-state index contributed by atoms with van der Waals surface area (Å²) in [6, 6.07) is 3.54. The van der Waals surface area contributed by atoms with E-state index in [1.165, 1.54) is 19.1 Å². The lowest BCUT2D eigenvalue weighted by Gasteiger charge is -2.31. The van der Waals surface area contributed by atoms with Crippen LogP contribution in [0.15, 0.2) is 18.2 Å². The summed E-state index contributed by atoms with van der Waals surface area (Å²) >= 11 is 0. The Balaban J connectivity index is 2.59. The van der Waals surface area contributed by atoms with Crippen LogP contribution in [0.2, 0.25) is 0 Å². The predicted molar refractivity (Wildman–Crippen MR) is 72.5 cm³/mol. The summed E-state index contributed by atoms with van der Waals surface area (Å²) in [7, 11) is 1.12. The maximum absolute atomic E-state index is 13.1. The van der Waals surface area contributed by atoms with Gasteiger partial charge in [0.1, 0.15) is 0 Å². The minimum absolute atomic E-state index is 0.111. The van der Waals surface area contributed by atoms with Crippen molar-refractivity contribution >= 4 is 17.7 Å². The van der Waals surface area contributed by atoms with Crippen molar-refractivity contribution in [3.8, 4) is 6.07 Å². The Morgan fingerprint density at radius 2 is 2.13 bits per heavy atom. The second-order valence-electron chi connectivity index (χ2n) is 5.10. The van der Waals surface area contributed by atoms with Gasteiger partial charge in [-0.05, 0) is 25.1 Å². The van der Waals surface area contributed by atoms with Crippen molar-refractivity contribution in [2.75, 3.05) is 18.6 Å². The number of carbonyl (C=O) groups excluding carboxylic acids is 2. The number of alkyl halides is 3. The Hall–Kier alpha value is -2.76. The van der Waals surface area contributed by atoms with E-state index in [0.717, 1.165) is 18.1 Å². The molecule has 0 unspecified atom stereocenters. The van der Waals surface area contributed by atoms with Crippen molar-refractivity contribution < 1.29 is 27.5 Å². The molecule has 1 heterocycles. The predicted octanol–water partition coefficient (Wildman–Crippen LogP) is 2.04. The number of hydrogen-bond acceptors (Lipinski definition) is 4. The first-order valence-corrected chi connectivity index (χ1v) is 6.43. The van der Waals surface area contributed by atoms with E-state index in [2.05, 4.69) is 10.1 Å². The molecule has 1 N–H and O–H groups in total. The Morgan fingerprint density at radius 1 is 1.48 bits per heavy atom. The number of halogens is 3. The summed E-state index contributed by atoms with van der Waals surface area (Å²) in [5.74, 6) is -0.770. The van der Waals surface area contributed by atoms with E-state index in [4.69, 9.17) is 5.26 Å². The Labute approximate surface area is 129 Å². The SMILES string of the molecule is COC(=O)[C@@]1(C)CNC(=O)N1c1ccc(C#N)c(C(F)(F)F)c1. The van der Waals surface area contributed by atoms with Gasteiger partial charge in [-0.1, -0.05) is 0 Å². The molecular weight excluding hydrogens is 315 g/mol. The van der Waals surface area contributed by atoms with Crippen molar-refractivity contribution in [3.63, 3.8) is 0 Å². The molecule has 0 radical (unpaired) electrons. The Kier molecular flexibility index (Phi) is 3.94. The van der Waals surface area contributed by atoms with Gasteiger partial charge in [0.2, 0.25) is 0 Å². The third kappa shape index (κ3) is 2.67. The summed E-state index contributed by atoms with van der Waals surface area (Å²) in [4.78, 5) is 24.8. The highest BCUT2D eigenvalue weighted by molar-refractivity contribution is 6.04. The van der Waals surface area contributed by atoms with E-state index >= 15 is 0 Å². The van der Waals surface area contributed by atoms with Gasteiger partial charge in [0.05, 0.1) is 30.9 Å². The number of hydrogen-bond donors (Lipinski definition) is 1. The Bertz CT molecular complexity index is 711. The van der Waals surface area contributed by atoms with Gasteiger partial charge in [-0.3, -0.25) is 4.90 Å². The van der Waals surface area contributed by atoms with Gasteiger partial charge in [0.15, 0.2) is 5.54 Å². The molecule has 0 spiro atoms. The largest absolute Gasteiger partial charge is 0.467 e. The summed E-state index contributed by atoms with van der Waals surface area (Å²) in [6.45, 7) is 1.27. The molecule has 0 bridgehead atoms. The number of rotatable bonds is 2. The number of urea groups is 1. The fourth-order valence-electron chi connectivity index (χ4n) is 2.42. The number of ether oxygens (including phenoxy) is 1. The highest BCUT2D eigenvalue weighted by Crippen LogP contribution is 2.37. The molecule has 6 nitrogen and oxygen atoms in total. The van der Waals surface area contributed by atoms with E-state index in [9.17, 15) is 22.8 Å². The van der Waals surface area contributed by atoms with Crippen LogP contribution in [0.25, 0.3) is 0 Å². The van der Waals surface area contributed by atoms with Gasteiger partial charge in [0, 0.05) is 5.69 Å². The first-order valence-electron chi connectivity index (χ1n) is 6.43. The molecule has 0 aromatic heterocycles. The van der Waals surface area contributed by atoms with Gasteiger partial charge in [-0.2, -0.15) is 18.4 Å². The molecule has 1 aliphatic rings. The highest BCUT2D eigenvalue weighted by atomic mass is 19.4.